The molecule has 1 amide bonds. The van der Waals surface area contributed by atoms with Gasteiger partial charge in [-0.05, 0) is 30.7 Å². The fourth-order valence-corrected chi connectivity index (χ4v) is 3.75. The molecule has 130 valence electrons. The van der Waals surface area contributed by atoms with Crippen molar-refractivity contribution in [3.63, 3.8) is 0 Å². The summed E-state index contributed by atoms with van der Waals surface area (Å²) in [5.41, 5.74) is 4.27. The number of pyridine rings is 1. The Morgan fingerprint density at radius 1 is 1.08 bits per heavy atom. The van der Waals surface area contributed by atoms with E-state index >= 15 is 0 Å². The molecule has 0 radical (unpaired) electrons. The Morgan fingerprint density at radius 2 is 1.88 bits per heavy atom. The minimum absolute atomic E-state index is 0.0950. The predicted octanol–water partition coefficient (Wildman–Crippen LogP) is 2.55. The Kier molecular flexibility index (Phi) is 4.40. The van der Waals surface area contributed by atoms with Gasteiger partial charge in [0.05, 0.1) is 17.4 Å². The van der Waals surface area contributed by atoms with E-state index in [1.165, 1.54) is 11.3 Å². The van der Waals surface area contributed by atoms with Gasteiger partial charge in [0.1, 0.15) is 0 Å². The number of anilines is 2. The molecule has 0 unspecified atom stereocenters. The summed E-state index contributed by atoms with van der Waals surface area (Å²) in [5, 5.41) is 0. The molecule has 2 aromatic rings. The second-order valence-electron chi connectivity index (χ2n) is 6.69. The number of carbonyl (C=O) groups is 1. The van der Waals surface area contributed by atoms with Gasteiger partial charge in [0.2, 0.25) is 0 Å². The van der Waals surface area contributed by atoms with Gasteiger partial charge in [-0.25, -0.2) is 0 Å². The molecule has 0 N–H and O–H groups in total. The SMILES string of the molecule is CCN1CCN(C(=O)c2cncc(N3CCc4ccccc43)c2)CC1. The first-order valence-electron chi connectivity index (χ1n) is 9.08. The molecule has 5 heteroatoms. The van der Waals surface area contributed by atoms with Gasteiger partial charge >= 0.3 is 0 Å². The van der Waals surface area contributed by atoms with Crippen molar-refractivity contribution < 1.29 is 4.79 Å². The maximum absolute atomic E-state index is 12.9. The molecule has 2 aliphatic rings. The summed E-state index contributed by atoms with van der Waals surface area (Å²) in [7, 11) is 0. The Hall–Kier alpha value is -2.40. The lowest BCUT2D eigenvalue weighted by Crippen LogP contribution is -2.48. The van der Waals surface area contributed by atoms with Crippen LogP contribution in [-0.2, 0) is 6.42 Å². The zero-order chi connectivity index (χ0) is 17.2. The summed E-state index contributed by atoms with van der Waals surface area (Å²) < 4.78 is 0. The third-order valence-electron chi connectivity index (χ3n) is 5.28. The van der Waals surface area contributed by atoms with Gasteiger partial charge in [0, 0.05) is 44.6 Å². The van der Waals surface area contributed by atoms with Crippen molar-refractivity contribution in [3.8, 4) is 0 Å². The number of hydrogen-bond donors (Lipinski definition) is 0. The third kappa shape index (κ3) is 3.12. The molecule has 5 nitrogen and oxygen atoms in total. The molecule has 1 fully saturated rings. The lowest BCUT2D eigenvalue weighted by Gasteiger charge is -2.34. The van der Waals surface area contributed by atoms with Crippen LogP contribution in [0.1, 0.15) is 22.8 Å². The quantitative estimate of drug-likeness (QED) is 0.864. The van der Waals surface area contributed by atoms with E-state index in [1.54, 1.807) is 6.20 Å². The molecule has 1 saturated heterocycles. The number of amides is 1. The van der Waals surface area contributed by atoms with Crippen molar-refractivity contribution in [2.75, 3.05) is 44.2 Å². The monoisotopic (exact) mass is 336 g/mol. The van der Waals surface area contributed by atoms with Crippen LogP contribution in [0.15, 0.2) is 42.7 Å². The standard InChI is InChI=1S/C20H24N4O/c1-2-22-9-11-23(12-10-22)20(25)17-13-18(15-21-14-17)24-8-7-16-5-3-4-6-19(16)24/h3-6,13-15H,2,7-12H2,1H3. The summed E-state index contributed by atoms with van der Waals surface area (Å²) in [4.78, 5) is 23.8. The molecule has 0 saturated carbocycles. The summed E-state index contributed by atoms with van der Waals surface area (Å²) in [6.07, 6.45) is 4.58. The highest BCUT2D eigenvalue weighted by Gasteiger charge is 2.24. The van der Waals surface area contributed by atoms with Crippen LogP contribution in [0.3, 0.4) is 0 Å². The summed E-state index contributed by atoms with van der Waals surface area (Å²) >= 11 is 0. The van der Waals surface area contributed by atoms with Gasteiger partial charge in [-0.3, -0.25) is 9.78 Å². The lowest BCUT2D eigenvalue weighted by molar-refractivity contribution is 0.0643. The minimum atomic E-state index is 0.0950. The molecule has 25 heavy (non-hydrogen) atoms. The number of likely N-dealkylation sites (N-methyl/N-ethyl adjacent to an activating group) is 1. The molecule has 0 bridgehead atoms. The van der Waals surface area contributed by atoms with Crippen LogP contribution in [0, 0.1) is 0 Å². The molecule has 1 aromatic carbocycles. The van der Waals surface area contributed by atoms with E-state index in [2.05, 4.69) is 46.0 Å². The first-order chi connectivity index (χ1) is 12.3. The number of piperazine rings is 1. The molecule has 2 aliphatic heterocycles. The maximum Gasteiger partial charge on any atom is 0.255 e. The van der Waals surface area contributed by atoms with Gasteiger partial charge in [0.25, 0.3) is 5.91 Å². The minimum Gasteiger partial charge on any atom is -0.340 e. The van der Waals surface area contributed by atoms with Crippen LogP contribution in [-0.4, -0.2) is 60.0 Å². The molecular formula is C20H24N4O. The van der Waals surface area contributed by atoms with E-state index in [4.69, 9.17) is 0 Å². The van der Waals surface area contributed by atoms with Crippen molar-refractivity contribution in [3.05, 3.63) is 53.9 Å². The average Bonchev–Trinajstić information content (AvgIpc) is 3.12. The van der Waals surface area contributed by atoms with Gasteiger partial charge in [0.15, 0.2) is 0 Å². The highest BCUT2D eigenvalue weighted by Crippen LogP contribution is 2.34. The fourth-order valence-electron chi connectivity index (χ4n) is 3.75. The number of benzene rings is 1. The van der Waals surface area contributed by atoms with Crippen LogP contribution >= 0.6 is 0 Å². The van der Waals surface area contributed by atoms with Crippen LogP contribution in [0.4, 0.5) is 11.4 Å². The first kappa shape index (κ1) is 16.1. The molecule has 0 aliphatic carbocycles. The van der Waals surface area contributed by atoms with Gasteiger partial charge < -0.3 is 14.7 Å². The molecular weight excluding hydrogens is 312 g/mol. The molecule has 0 atom stereocenters. The van der Waals surface area contributed by atoms with E-state index in [1.807, 2.05) is 17.2 Å². The number of aromatic nitrogens is 1. The smallest absolute Gasteiger partial charge is 0.255 e. The zero-order valence-corrected chi connectivity index (χ0v) is 14.7. The fraction of sp³-hybridized carbons (Fsp3) is 0.400. The van der Waals surface area contributed by atoms with Gasteiger partial charge in [-0.15, -0.1) is 0 Å². The van der Waals surface area contributed by atoms with Gasteiger partial charge in [-0.2, -0.15) is 0 Å². The molecule has 4 rings (SSSR count). The number of carbonyl (C=O) groups excluding carboxylic acids is 1. The summed E-state index contributed by atoms with van der Waals surface area (Å²) in [5.74, 6) is 0.0950. The molecule has 0 spiro atoms. The lowest BCUT2D eigenvalue weighted by atomic mass is 10.1. The van der Waals surface area contributed by atoms with E-state index in [-0.39, 0.29) is 5.91 Å². The van der Waals surface area contributed by atoms with Gasteiger partial charge in [-0.1, -0.05) is 25.1 Å². The second-order valence-corrected chi connectivity index (χ2v) is 6.69. The van der Waals surface area contributed by atoms with Crippen molar-refractivity contribution >= 4 is 17.3 Å². The zero-order valence-electron chi connectivity index (χ0n) is 14.7. The van der Waals surface area contributed by atoms with Crippen LogP contribution in [0.25, 0.3) is 0 Å². The van der Waals surface area contributed by atoms with Crippen LogP contribution in [0.5, 0.6) is 0 Å². The maximum atomic E-state index is 12.9. The van der Waals surface area contributed by atoms with Crippen LogP contribution in [0.2, 0.25) is 0 Å². The van der Waals surface area contributed by atoms with E-state index < -0.39 is 0 Å². The molecule has 1 aromatic heterocycles. The molecule has 3 heterocycles. The number of hydrogen-bond acceptors (Lipinski definition) is 4. The van der Waals surface area contributed by atoms with Crippen molar-refractivity contribution in [2.24, 2.45) is 0 Å². The predicted molar refractivity (Wildman–Crippen MR) is 99.4 cm³/mol. The number of fused-ring (bicyclic) bond motifs is 1. The summed E-state index contributed by atoms with van der Waals surface area (Å²) in [6, 6.07) is 10.4. The Balaban J connectivity index is 1.53. The second kappa shape index (κ2) is 6.84. The average molecular weight is 336 g/mol. The first-order valence-corrected chi connectivity index (χ1v) is 9.08. The highest BCUT2D eigenvalue weighted by molar-refractivity contribution is 5.95. The van der Waals surface area contributed by atoms with E-state index in [0.717, 1.165) is 51.4 Å². The topological polar surface area (TPSA) is 39.7 Å². The normalized spacial score (nSPS) is 17.6. The van der Waals surface area contributed by atoms with Crippen molar-refractivity contribution in [1.29, 1.82) is 0 Å². The largest absolute Gasteiger partial charge is 0.340 e. The van der Waals surface area contributed by atoms with Crippen LogP contribution < -0.4 is 4.90 Å². The van der Waals surface area contributed by atoms with Crippen molar-refractivity contribution in [2.45, 2.75) is 13.3 Å². The van der Waals surface area contributed by atoms with Crippen molar-refractivity contribution in [1.82, 2.24) is 14.8 Å². The number of rotatable bonds is 3. The Labute approximate surface area is 148 Å². The highest BCUT2D eigenvalue weighted by atomic mass is 16.2. The summed E-state index contributed by atoms with van der Waals surface area (Å²) in [6.45, 7) is 7.65. The number of nitrogens with zero attached hydrogens (tertiary/aromatic N) is 4. The Morgan fingerprint density at radius 3 is 2.68 bits per heavy atom. The number of para-hydroxylation sites is 1. The third-order valence-corrected chi connectivity index (χ3v) is 5.28. The van der Waals surface area contributed by atoms with E-state index in [0.29, 0.717) is 5.56 Å². The Bertz CT molecular complexity index is 768. The van der Waals surface area contributed by atoms with E-state index in [9.17, 15) is 4.79 Å².